The number of benzene rings is 1. The van der Waals surface area contributed by atoms with E-state index in [2.05, 4.69) is 20.8 Å². The normalized spacial score (nSPS) is 36.2. The van der Waals surface area contributed by atoms with Gasteiger partial charge in [0.05, 0.1) is 5.60 Å². The van der Waals surface area contributed by atoms with Gasteiger partial charge in [0, 0.05) is 29.0 Å². The van der Waals surface area contributed by atoms with E-state index in [4.69, 9.17) is 0 Å². The fraction of sp³-hybridized carbons (Fsp3) is 0.538. The summed E-state index contributed by atoms with van der Waals surface area (Å²) >= 11 is 3.35. The van der Waals surface area contributed by atoms with Crippen molar-refractivity contribution < 1.29 is 9.50 Å². The molecule has 2 heterocycles. The van der Waals surface area contributed by atoms with Crippen LogP contribution in [0.5, 0.6) is 0 Å². The van der Waals surface area contributed by atoms with Crippen molar-refractivity contribution in [3.05, 3.63) is 34.1 Å². The van der Waals surface area contributed by atoms with Crippen molar-refractivity contribution in [2.24, 2.45) is 5.92 Å². The maximum atomic E-state index is 13.9. The van der Waals surface area contributed by atoms with E-state index in [0.29, 0.717) is 12.0 Å². The highest BCUT2D eigenvalue weighted by molar-refractivity contribution is 9.10. The first-order valence-electron chi connectivity index (χ1n) is 6.00. The molecule has 1 aromatic rings. The van der Waals surface area contributed by atoms with Crippen LogP contribution >= 0.6 is 15.9 Å². The summed E-state index contributed by atoms with van der Waals surface area (Å²) in [6.07, 6.45) is 1.59. The number of rotatable bonds is 1. The van der Waals surface area contributed by atoms with Crippen LogP contribution in [0.4, 0.5) is 4.39 Å². The van der Waals surface area contributed by atoms with Crippen LogP contribution in [0.3, 0.4) is 0 Å². The van der Waals surface area contributed by atoms with Gasteiger partial charge in [-0.2, -0.15) is 0 Å². The Morgan fingerprint density at radius 1 is 1.41 bits per heavy atom. The van der Waals surface area contributed by atoms with Gasteiger partial charge in [0.2, 0.25) is 0 Å². The Morgan fingerprint density at radius 2 is 2.24 bits per heavy atom. The zero-order valence-corrected chi connectivity index (χ0v) is 11.1. The van der Waals surface area contributed by atoms with Gasteiger partial charge in [-0.05, 0) is 37.6 Å². The zero-order chi connectivity index (χ0) is 12.0. The number of fused-ring (bicyclic) bond motifs is 2. The van der Waals surface area contributed by atoms with Gasteiger partial charge in [-0.1, -0.05) is 15.9 Å². The van der Waals surface area contributed by atoms with Gasteiger partial charge < -0.3 is 10.0 Å². The van der Waals surface area contributed by atoms with Crippen LogP contribution in [-0.4, -0.2) is 29.6 Å². The standard InChI is InChI=1S/C13H15BrFNO/c14-10-1-2-12(15)11(7-10)13(17)4-6-16-5-3-9(13)8-16/h1-2,7,9,17H,3-6,8H2. The van der Waals surface area contributed by atoms with Crippen LogP contribution in [0.1, 0.15) is 18.4 Å². The minimum Gasteiger partial charge on any atom is -0.385 e. The third-order valence-corrected chi connectivity index (χ3v) is 4.64. The van der Waals surface area contributed by atoms with Gasteiger partial charge in [-0.3, -0.25) is 0 Å². The molecule has 2 bridgehead atoms. The van der Waals surface area contributed by atoms with E-state index in [0.717, 1.165) is 30.5 Å². The summed E-state index contributed by atoms with van der Waals surface area (Å²) in [5.41, 5.74) is -0.528. The third kappa shape index (κ3) is 1.83. The molecule has 0 amide bonds. The molecule has 0 spiro atoms. The molecule has 92 valence electrons. The van der Waals surface area contributed by atoms with Crippen molar-refractivity contribution in [3.63, 3.8) is 0 Å². The van der Waals surface area contributed by atoms with Crippen molar-refractivity contribution in [2.75, 3.05) is 19.6 Å². The van der Waals surface area contributed by atoms with E-state index in [1.54, 1.807) is 12.1 Å². The molecule has 3 unspecified atom stereocenters. The highest BCUT2D eigenvalue weighted by Gasteiger charge is 2.47. The SMILES string of the molecule is OC1(c2cc(Br)ccc2F)CCN2CCC1C2. The number of nitrogens with zero attached hydrogens (tertiary/aromatic N) is 1. The van der Waals surface area contributed by atoms with Gasteiger partial charge >= 0.3 is 0 Å². The second-order valence-corrected chi connectivity index (χ2v) is 6.00. The first-order chi connectivity index (χ1) is 8.09. The smallest absolute Gasteiger partial charge is 0.129 e. The van der Waals surface area contributed by atoms with E-state index < -0.39 is 5.60 Å². The Bertz CT molecular complexity index is 453. The van der Waals surface area contributed by atoms with E-state index in [-0.39, 0.29) is 11.7 Å². The minimum absolute atomic E-state index is 0.167. The lowest BCUT2D eigenvalue weighted by molar-refractivity contribution is -0.0528. The van der Waals surface area contributed by atoms with Crippen molar-refractivity contribution in [3.8, 4) is 0 Å². The monoisotopic (exact) mass is 299 g/mol. The molecule has 1 aromatic carbocycles. The molecular weight excluding hydrogens is 285 g/mol. The van der Waals surface area contributed by atoms with Crippen molar-refractivity contribution in [1.29, 1.82) is 0 Å². The van der Waals surface area contributed by atoms with Gasteiger partial charge in [0.15, 0.2) is 0 Å². The Balaban J connectivity index is 2.04. The molecule has 0 aliphatic carbocycles. The van der Waals surface area contributed by atoms with Gasteiger partial charge in [-0.15, -0.1) is 0 Å². The summed E-state index contributed by atoms with van der Waals surface area (Å²) in [5, 5.41) is 10.8. The molecule has 3 rings (SSSR count). The van der Waals surface area contributed by atoms with Crippen molar-refractivity contribution in [2.45, 2.75) is 18.4 Å². The summed E-state index contributed by atoms with van der Waals surface area (Å²) < 4.78 is 14.8. The predicted octanol–water partition coefficient (Wildman–Crippen LogP) is 2.50. The van der Waals surface area contributed by atoms with Gasteiger partial charge in [0.25, 0.3) is 0 Å². The molecule has 1 N–H and O–H groups in total. The molecule has 17 heavy (non-hydrogen) atoms. The van der Waals surface area contributed by atoms with Crippen molar-refractivity contribution in [1.82, 2.24) is 4.90 Å². The molecule has 2 aliphatic heterocycles. The van der Waals surface area contributed by atoms with E-state index >= 15 is 0 Å². The average molecular weight is 300 g/mol. The second-order valence-electron chi connectivity index (χ2n) is 5.08. The maximum Gasteiger partial charge on any atom is 0.129 e. The van der Waals surface area contributed by atoms with Crippen LogP contribution in [-0.2, 0) is 5.60 Å². The molecule has 0 radical (unpaired) electrons. The minimum atomic E-state index is -0.985. The average Bonchev–Trinajstić information content (AvgIpc) is 2.73. The lowest BCUT2D eigenvalue weighted by Crippen LogP contribution is -2.44. The predicted molar refractivity (Wildman–Crippen MR) is 67.2 cm³/mol. The molecule has 2 saturated heterocycles. The molecular formula is C13H15BrFNO. The zero-order valence-electron chi connectivity index (χ0n) is 9.50. The number of hydrogen-bond donors (Lipinski definition) is 1. The Morgan fingerprint density at radius 3 is 3.06 bits per heavy atom. The summed E-state index contributed by atoms with van der Waals surface area (Å²) in [6, 6.07) is 4.83. The topological polar surface area (TPSA) is 23.5 Å². The largest absolute Gasteiger partial charge is 0.385 e. The van der Waals surface area contributed by atoms with Gasteiger partial charge in [-0.25, -0.2) is 4.39 Å². The summed E-state index contributed by atoms with van der Waals surface area (Å²) in [6.45, 7) is 2.78. The van der Waals surface area contributed by atoms with E-state index in [9.17, 15) is 9.50 Å². The van der Waals surface area contributed by atoms with Crippen molar-refractivity contribution >= 4 is 15.9 Å². The summed E-state index contributed by atoms with van der Waals surface area (Å²) in [4.78, 5) is 2.34. The molecule has 0 aromatic heterocycles. The maximum absolute atomic E-state index is 13.9. The molecule has 0 saturated carbocycles. The highest BCUT2D eigenvalue weighted by atomic mass is 79.9. The highest BCUT2D eigenvalue weighted by Crippen LogP contribution is 2.44. The van der Waals surface area contributed by atoms with E-state index in [1.165, 1.54) is 6.07 Å². The number of halogens is 2. The quantitative estimate of drug-likeness (QED) is 0.861. The van der Waals surface area contributed by atoms with Crippen LogP contribution in [0.2, 0.25) is 0 Å². The lowest BCUT2D eigenvalue weighted by atomic mass is 9.77. The fourth-order valence-corrected chi connectivity index (χ4v) is 3.50. The lowest BCUT2D eigenvalue weighted by Gasteiger charge is -2.39. The Labute approximate surface area is 109 Å². The Kier molecular flexibility index (Phi) is 2.76. The number of aliphatic hydroxyl groups is 1. The van der Waals surface area contributed by atoms with Crippen LogP contribution in [0.25, 0.3) is 0 Å². The Hall–Kier alpha value is -0.450. The van der Waals surface area contributed by atoms with E-state index in [1.807, 2.05) is 0 Å². The molecule has 4 heteroatoms. The fourth-order valence-electron chi connectivity index (χ4n) is 3.14. The van der Waals surface area contributed by atoms with Crippen LogP contribution < -0.4 is 0 Å². The van der Waals surface area contributed by atoms with Crippen LogP contribution in [0.15, 0.2) is 22.7 Å². The first-order valence-corrected chi connectivity index (χ1v) is 6.79. The summed E-state index contributed by atoms with van der Waals surface area (Å²) in [7, 11) is 0. The molecule has 2 fully saturated rings. The number of piperidine rings is 1. The molecule has 2 nitrogen and oxygen atoms in total. The van der Waals surface area contributed by atoms with Crippen LogP contribution in [0, 0.1) is 11.7 Å². The molecule has 2 aliphatic rings. The second kappa shape index (κ2) is 4.04. The summed E-state index contributed by atoms with van der Waals surface area (Å²) in [5.74, 6) is -0.129. The first kappa shape index (κ1) is 11.6. The number of hydrogen-bond acceptors (Lipinski definition) is 2. The third-order valence-electron chi connectivity index (χ3n) is 4.15. The molecule has 3 atom stereocenters. The van der Waals surface area contributed by atoms with Gasteiger partial charge in [0.1, 0.15) is 5.82 Å².